The maximum atomic E-state index is 10.0. The first-order valence-corrected chi connectivity index (χ1v) is 9.62. The monoisotopic (exact) mass is 371 g/mol. The highest BCUT2D eigenvalue weighted by atomic mass is 16.5. The van der Waals surface area contributed by atoms with E-state index in [0.29, 0.717) is 5.75 Å². The fourth-order valence-corrected chi connectivity index (χ4v) is 3.87. The summed E-state index contributed by atoms with van der Waals surface area (Å²) >= 11 is 0. The molecule has 3 heteroatoms. The van der Waals surface area contributed by atoms with Crippen LogP contribution < -0.4 is 4.74 Å². The summed E-state index contributed by atoms with van der Waals surface area (Å²) in [4.78, 5) is 2.20. The lowest BCUT2D eigenvalue weighted by molar-refractivity contribution is 0.439. The van der Waals surface area contributed by atoms with Gasteiger partial charge in [-0.25, -0.2) is 0 Å². The van der Waals surface area contributed by atoms with Gasteiger partial charge in [0.15, 0.2) is 0 Å². The van der Waals surface area contributed by atoms with Gasteiger partial charge in [0.05, 0.1) is 0 Å². The second kappa shape index (κ2) is 7.91. The Balaban J connectivity index is 1.75. The summed E-state index contributed by atoms with van der Waals surface area (Å²) in [5.41, 5.74) is 6.22. The number of benzene rings is 3. The number of phenolic OH excluding ortho intramolecular Hbond substituents is 1. The summed E-state index contributed by atoms with van der Waals surface area (Å²) in [7, 11) is 4.19. The number of rotatable bonds is 5. The largest absolute Gasteiger partial charge is 0.508 e. The molecule has 0 unspecified atom stereocenters. The highest BCUT2D eigenvalue weighted by Gasteiger charge is 2.21. The van der Waals surface area contributed by atoms with Gasteiger partial charge in [-0.1, -0.05) is 36.4 Å². The number of aromatic hydroxyl groups is 1. The SMILES string of the molecule is CN(C)CC1=C(c2cccc(O)c2)c2ccc(Oc3ccccc3)cc2CC1. The first-order chi connectivity index (χ1) is 13.6. The van der Waals surface area contributed by atoms with Gasteiger partial charge in [0.25, 0.3) is 0 Å². The Labute approximate surface area is 166 Å². The summed E-state index contributed by atoms with van der Waals surface area (Å²) in [5.74, 6) is 2.00. The third kappa shape index (κ3) is 3.95. The molecule has 3 nitrogen and oxygen atoms in total. The quantitative estimate of drug-likeness (QED) is 0.643. The number of likely N-dealkylation sites (N-methyl/N-ethyl adjacent to an activating group) is 1. The molecule has 142 valence electrons. The van der Waals surface area contributed by atoms with Crippen LogP contribution in [-0.2, 0) is 6.42 Å². The Morgan fingerprint density at radius 1 is 0.857 bits per heavy atom. The zero-order valence-electron chi connectivity index (χ0n) is 16.4. The number of fused-ring (bicyclic) bond motifs is 1. The van der Waals surface area contributed by atoms with Crippen molar-refractivity contribution in [2.24, 2.45) is 0 Å². The number of para-hydroxylation sites is 1. The lowest BCUT2D eigenvalue weighted by Crippen LogP contribution is -2.19. The molecule has 0 atom stereocenters. The van der Waals surface area contributed by atoms with Crippen LogP contribution in [0.25, 0.3) is 5.57 Å². The molecule has 1 aliphatic carbocycles. The van der Waals surface area contributed by atoms with E-state index < -0.39 is 0 Å². The van der Waals surface area contributed by atoms with Crippen molar-refractivity contribution in [3.8, 4) is 17.2 Å². The maximum Gasteiger partial charge on any atom is 0.127 e. The predicted octanol–water partition coefficient (Wildman–Crippen LogP) is 5.49. The smallest absolute Gasteiger partial charge is 0.127 e. The minimum atomic E-state index is 0.297. The van der Waals surface area contributed by atoms with Crippen LogP contribution in [0, 0.1) is 0 Å². The number of hydrogen-bond acceptors (Lipinski definition) is 3. The minimum Gasteiger partial charge on any atom is -0.508 e. The Morgan fingerprint density at radius 2 is 1.68 bits per heavy atom. The van der Waals surface area contributed by atoms with E-state index in [4.69, 9.17) is 4.74 Å². The Kier molecular flexibility index (Phi) is 5.18. The first kappa shape index (κ1) is 18.3. The van der Waals surface area contributed by atoms with Gasteiger partial charge in [-0.05, 0) is 91.2 Å². The number of hydrogen-bond donors (Lipinski definition) is 1. The molecule has 1 N–H and O–H groups in total. The van der Waals surface area contributed by atoms with Crippen molar-refractivity contribution < 1.29 is 9.84 Å². The van der Waals surface area contributed by atoms with Crippen LogP contribution in [0.1, 0.15) is 23.1 Å². The summed E-state index contributed by atoms with van der Waals surface area (Å²) < 4.78 is 6.03. The molecule has 4 rings (SSSR count). The van der Waals surface area contributed by atoms with E-state index in [0.717, 1.165) is 36.4 Å². The normalized spacial score (nSPS) is 13.5. The van der Waals surface area contributed by atoms with Crippen LogP contribution >= 0.6 is 0 Å². The molecule has 0 radical (unpaired) electrons. The van der Waals surface area contributed by atoms with Gasteiger partial charge in [-0.3, -0.25) is 0 Å². The van der Waals surface area contributed by atoms with E-state index in [-0.39, 0.29) is 0 Å². The summed E-state index contributed by atoms with van der Waals surface area (Å²) in [6.07, 6.45) is 2.00. The van der Waals surface area contributed by atoms with Crippen LogP contribution in [0.5, 0.6) is 17.2 Å². The number of aryl methyl sites for hydroxylation is 1. The summed E-state index contributed by atoms with van der Waals surface area (Å²) in [5, 5.41) is 10.0. The fraction of sp³-hybridized carbons (Fsp3) is 0.200. The first-order valence-electron chi connectivity index (χ1n) is 9.62. The van der Waals surface area contributed by atoms with Crippen molar-refractivity contribution >= 4 is 5.57 Å². The highest BCUT2D eigenvalue weighted by molar-refractivity contribution is 5.85. The Bertz CT molecular complexity index is 1010. The molecule has 3 aromatic rings. The van der Waals surface area contributed by atoms with Gasteiger partial charge < -0.3 is 14.7 Å². The standard InChI is InChI=1S/C25H25NO2/c1-26(2)17-20-12-11-18-16-23(28-22-9-4-3-5-10-22)13-14-24(18)25(20)19-7-6-8-21(27)15-19/h3-10,13-16,27H,11-12,17H2,1-2H3. The van der Waals surface area contributed by atoms with Gasteiger partial charge in [0.1, 0.15) is 17.2 Å². The van der Waals surface area contributed by atoms with Crippen LogP contribution in [0.2, 0.25) is 0 Å². The van der Waals surface area contributed by atoms with Crippen LogP contribution in [-0.4, -0.2) is 30.6 Å². The van der Waals surface area contributed by atoms with Gasteiger partial charge in [-0.15, -0.1) is 0 Å². The summed E-state index contributed by atoms with van der Waals surface area (Å²) in [6.45, 7) is 0.909. The molecule has 0 bridgehead atoms. The van der Waals surface area contributed by atoms with Crippen molar-refractivity contribution in [1.29, 1.82) is 0 Å². The second-order valence-corrected chi connectivity index (χ2v) is 7.50. The van der Waals surface area contributed by atoms with E-state index in [1.807, 2.05) is 48.5 Å². The minimum absolute atomic E-state index is 0.297. The summed E-state index contributed by atoms with van der Waals surface area (Å²) in [6, 6.07) is 23.8. The fourth-order valence-electron chi connectivity index (χ4n) is 3.87. The van der Waals surface area contributed by atoms with Gasteiger partial charge in [-0.2, -0.15) is 0 Å². The molecule has 0 spiro atoms. The molecule has 28 heavy (non-hydrogen) atoms. The molecule has 0 aliphatic heterocycles. The highest BCUT2D eigenvalue weighted by Crippen LogP contribution is 2.39. The van der Waals surface area contributed by atoms with Gasteiger partial charge in [0, 0.05) is 6.54 Å². The maximum absolute atomic E-state index is 10.0. The molecule has 3 aromatic carbocycles. The zero-order chi connectivity index (χ0) is 19.5. The third-order valence-corrected chi connectivity index (χ3v) is 5.02. The van der Waals surface area contributed by atoms with Crippen molar-refractivity contribution in [3.63, 3.8) is 0 Å². The molecule has 1 aliphatic rings. The lowest BCUT2D eigenvalue weighted by atomic mass is 9.82. The van der Waals surface area contributed by atoms with Crippen molar-refractivity contribution in [2.75, 3.05) is 20.6 Å². The average molecular weight is 371 g/mol. The molecule has 0 amide bonds. The molecule has 0 fully saturated rings. The van der Waals surface area contributed by atoms with Crippen molar-refractivity contribution in [2.45, 2.75) is 12.8 Å². The Morgan fingerprint density at radius 3 is 2.43 bits per heavy atom. The van der Waals surface area contributed by atoms with Gasteiger partial charge >= 0.3 is 0 Å². The van der Waals surface area contributed by atoms with Crippen LogP contribution in [0.3, 0.4) is 0 Å². The van der Waals surface area contributed by atoms with Crippen molar-refractivity contribution in [3.05, 3.63) is 95.1 Å². The molecule has 0 saturated carbocycles. The van der Waals surface area contributed by atoms with E-state index in [9.17, 15) is 5.11 Å². The second-order valence-electron chi connectivity index (χ2n) is 7.50. The molecular formula is C25H25NO2. The van der Waals surface area contributed by atoms with Gasteiger partial charge in [0.2, 0.25) is 0 Å². The third-order valence-electron chi connectivity index (χ3n) is 5.02. The van der Waals surface area contributed by atoms with E-state index in [2.05, 4.69) is 37.2 Å². The number of nitrogens with zero attached hydrogens (tertiary/aromatic N) is 1. The van der Waals surface area contributed by atoms with E-state index in [1.165, 1.54) is 22.3 Å². The van der Waals surface area contributed by atoms with E-state index in [1.54, 1.807) is 6.07 Å². The zero-order valence-corrected chi connectivity index (χ0v) is 16.4. The lowest BCUT2D eigenvalue weighted by Gasteiger charge is -2.26. The van der Waals surface area contributed by atoms with Crippen molar-refractivity contribution in [1.82, 2.24) is 4.90 Å². The number of phenols is 1. The molecule has 0 heterocycles. The topological polar surface area (TPSA) is 32.7 Å². The Hall–Kier alpha value is -3.04. The molecular weight excluding hydrogens is 346 g/mol. The molecule has 0 aromatic heterocycles. The van der Waals surface area contributed by atoms with Crippen LogP contribution in [0.4, 0.5) is 0 Å². The average Bonchev–Trinajstić information content (AvgIpc) is 2.68. The number of ether oxygens (including phenoxy) is 1. The van der Waals surface area contributed by atoms with Crippen LogP contribution in [0.15, 0.2) is 78.4 Å². The van der Waals surface area contributed by atoms with E-state index >= 15 is 0 Å². The predicted molar refractivity (Wildman–Crippen MR) is 114 cm³/mol. The molecule has 0 saturated heterocycles.